The van der Waals surface area contributed by atoms with Crippen LogP contribution in [0.3, 0.4) is 0 Å². The van der Waals surface area contributed by atoms with E-state index in [1.165, 1.54) is 16.7 Å². The summed E-state index contributed by atoms with van der Waals surface area (Å²) in [7, 11) is 3.10. The molecule has 182 valence electrons. The van der Waals surface area contributed by atoms with Crippen LogP contribution < -0.4 is 26.0 Å². The molecule has 0 aliphatic rings. The second kappa shape index (κ2) is 10.3. The summed E-state index contributed by atoms with van der Waals surface area (Å²) in [5.74, 6) is 0.125. The van der Waals surface area contributed by atoms with E-state index >= 15 is 0 Å². The highest BCUT2D eigenvalue weighted by Crippen LogP contribution is 2.27. The molecule has 0 spiro atoms. The monoisotopic (exact) mass is 517 g/mol. The lowest BCUT2D eigenvalue weighted by Crippen LogP contribution is -2.41. The number of methoxy groups -OCH3 is 2. The molecule has 2 aromatic carbocycles. The molecule has 1 amide bonds. The van der Waals surface area contributed by atoms with Gasteiger partial charge < -0.3 is 14.8 Å². The molecule has 2 heterocycles. The fraction of sp³-hybridized carbons (Fsp3) is 0.208. The minimum atomic E-state index is -0.724. The number of ether oxygens (including phenoxy) is 2. The second-order valence-electron chi connectivity index (χ2n) is 7.53. The third-order valence-electron chi connectivity index (χ3n) is 5.40. The maximum absolute atomic E-state index is 13.6. The minimum absolute atomic E-state index is 0.115. The number of nitrogens with zero attached hydrogens (tertiary/aromatic N) is 2. The third kappa shape index (κ3) is 4.94. The molecule has 0 saturated heterocycles. The predicted octanol–water partition coefficient (Wildman–Crippen LogP) is 3.38. The molecule has 4 aromatic rings. The number of nitrogens with one attached hydrogen (secondary N) is 1. The minimum Gasteiger partial charge on any atom is -0.493 e. The maximum Gasteiger partial charge on any atom is 0.336 e. The first kappa shape index (κ1) is 24.5. The summed E-state index contributed by atoms with van der Waals surface area (Å²) in [5.41, 5.74) is 0.113. The quantitative estimate of drug-likeness (QED) is 0.387. The number of hydrogen-bond donors (Lipinski definition) is 1. The number of fused-ring (bicyclic) bond motifs is 1. The zero-order valence-corrected chi connectivity index (χ0v) is 20.4. The van der Waals surface area contributed by atoms with Crippen LogP contribution in [0.4, 0.5) is 4.39 Å². The highest BCUT2D eigenvalue weighted by molar-refractivity contribution is 7.17. The summed E-state index contributed by atoms with van der Waals surface area (Å²) >= 11 is 7.01. The Kier molecular flexibility index (Phi) is 7.23. The van der Waals surface area contributed by atoms with Crippen LogP contribution in [0, 0.1) is 5.82 Å². The van der Waals surface area contributed by atoms with E-state index in [2.05, 4.69) is 5.32 Å². The Labute approximate surface area is 208 Å². The normalized spacial score (nSPS) is 11.0. The first-order chi connectivity index (χ1) is 16.8. The van der Waals surface area contributed by atoms with E-state index in [1.54, 1.807) is 31.7 Å². The summed E-state index contributed by atoms with van der Waals surface area (Å²) in [5, 5.41) is 4.24. The largest absolute Gasteiger partial charge is 0.493 e. The summed E-state index contributed by atoms with van der Waals surface area (Å²) in [4.78, 5) is 38.9. The van der Waals surface area contributed by atoms with Gasteiger partial charge in [-0.3, -0.25) is 14.2 Å². The van der Waals surface area contributed by atoms with E-state index in [1.807, 2.05) is 12.1 Å². The third-order valence-corrected chi connectivity index (χ3v) is 6.58. The molecule has 0 radical (unpaired) electrons. The van der Waals surface area contributed by atoms with Crippen LogP contribution in [-0.2, 0) is 17.8 Å². The molecule has 0 aliphatic heterocycles. The van der Waals surface area contributed by atoms with Gasteiger partial charge in [0.25, 0.3) is 5.56 Å². The Morgan fingerprint density at radius 2 is 1.86 bits per heavy atom. The molecule has 35 heavy (non-hydrogen) atoms. The fourth-order valence-corrected chi connectivity index (χ4v) is 4.67. The maximum atomic E-state index is 13.6. The van der Waals surface area contributed by atoms with Crippen LogP contribution in [-0.4, -0.2) is 35.8 Å². The van der Waals surface area contributed by atoms with Crippen LogP contribution in [0.2, 0.25) is 5.02 Å². The van der Waals surface area contributed by atoms with Crippen molar-refractivity contribution in [2.75, 3.05) is 20.8 Å². The standard InChI is InChI=1S/C24H21ClFN3O5S/c1-33-19-6-3-14(11-20(19)34-2)7-9-27-21(30)13-28-18-8-10-35-22(18)23(31)29(24(28)32)15-4-5-17(26)16(25)12-15/h3-6,8,10-12H,7,9,13H2,1-2H3,(H,27,30). The number of hydrogen-bond acceptors (Lipinski definition) is 6. The predicted molar refractivity (Wildman–Crippen MR) is 133 cm³/mol. The molecule has 0 unspecified atom stereocenters. The number of rotatable bonds is 8. The Bertz CT molecular complexity index is 1530. The average Bonchev–Trinajstić information content (AvgIpc) is 3.34. The van der Waals surface area contributed by atoms with E-state index in [9.17, 15) is 18.8 Å². The molecule has 2 aromatic heterocycles. The van der Waals surface area contributed by atoms with Crippen molar-refractivity contribution in [3.05, 3.63) is 85.1 Å². The Morgan fingerprint density at radius 3 is 2.57 bits per heavy atom. The Hall–Kier alpha value is -3.63. The fourth-order valence-electron chi connectivity index (χ4n) is 3.67. The number of benzene rings is 2. The van der Waals surface area contributed by atoms with Crippen molar-refractivity contribution in [1.82, 2.24) is 14.5 Å². The zero-order valence-electron chi connectivity index (χ0n) is 18.8. The Morgan fingerprint density at radius 1 is 1.09 bits per heavy atom. The first-order valence-corrected chi connectivity index (χ1v) is 11.8. The lowest BCUT2D eigenvalue weighted by molar-refractivity contribution is -0.121. The number of carbonyl (C=O) groups is 1. The number of aromatic nitrogens is 2. The highest BCUT2D eigenvalue weighted by Gasteiger charge is 2.18. The molecule has 0 fully saturated rings. The molecule has 0 atom stereocenters. The molecule has 0 aliphatic carbocycles. The van der Waals surface area contributed by atoms with Crippen molar-refractivity contribution < 1.29 is 18.7 Å². The topological polar surface area (TPSA) is 91.6 Å². The second-order valence-corrected chi connectivity index (χ2v) is 8.86. The van der Waals surface area contributed by atoms with E-state index in [-0.39, 0.29) is 17.3 Å². The van der Waals surface area contributed by atoms with Gasteiger partial charge in [-0.25, -0.2) is 13.8 Å². The lowest BCUT2D eigenvalue weighted by atomic mass is 10.1. The van der Waals surface area contributed by atoms with E-state index in [0.29, 0.717) is 34.7 Å². The van der Waals surface area contributed by atoms with E-state index in [0.717, 1.165) is 27.5 Å². The van der Waals surface area contributed by atoms with Gasteiger partial charge in [-0.15, -0.1) is 11.3 Å². The summed E-state index contributed by atoms with van der Waals surface area (Å²) in [6.07, 6.45) is 0.530. The smallest absolute Gasteiger partial charge is 0.336 e. The van der Waals surface area contributed by atoms with Gasteiger partial charge in [0.1, 0.15) is 17.1 Å². The molecule has 0 saturated carbocycles. The van der Waals surface area contributed by atoms with E-state index < -0.39 is 23.0 Å². The zero-order chi connectivity index (χ0) is 25.1. The van der Waals surface area contributed by atoms with Crippen molar-refractivity contribution >= 4 is 39.1 Å². The first-order valence-electron chi connectivity index (χ1n) is 10.5. The number of thiophene rings is 1. The number of halogens is 2. The summed E-state index contributed by atoms with van der Waals surface area (Å²) in [6.45, 7) is 0.0241. The molecule has 1 N–H and O–H groups in total. The van der Waals surface area contributed by atoms with Gasteiger partial charge in [0, 0.05) is 6.54 Å². The van der Waals surface area contributed by atoms with Crippen LogP contribution >= 0.6 is 22.9 Å². The van der Waals surface area contributed by atoms with Gasteiger partial charge >= 0.3 is 5.69 Å². The highest BCUT2D eigenvalue weighted by atomic mass is 35.5. The van der Waals surface area contributed by atoms with Crippen LogP contribution in [0.5, 0.6) is 11.5 Å². The summed E-state index contributed by atoms with van der Waals surface area (Å²) in [6, 6.07) is 10.7. The van der Waals surface area contributed by atoms with Gasteiger partial charge in [0.2, 0.25) is 5.91 Å². The van der Waals surface area contributed by atoms with Crippen LogP contribution in [0.15, 0.2) is 57.4 Å². The SMILES string of the molecule is COc1ccc(CCNC(=O)Cn2c(=O)n(-c3ccc(F)c(Cl)c3)c(=O)c3sccc32)cc1OC. The van der Waals surface area contributed by atoms with Crippen molar-refractivity contribution in [1.29, 1.82) is 0 Å². The van der Waals surface area contributed by atoms with Crippen molar-refractivity contribution in [2.45, 2.75) is 13.0 Å². The Balaban J connectivity index is 1.57. The van der Waals surface area contributed by atoms with Gasteiger partial charge in [0.15, 0.2) is 11.5 Å². The van der Waals surface area contributed by atoms with Gasteiger partial charge in [-0.05, 0) is 53.8 Å². The van der Waals surface area contributed by atoms with Gasteiger partial charge in [-0.1, -0.05) is 17.7 Å². The van der Waals surface area contributed by atoms with Gasteiger partial charge in [0.05, 0.1) is 30.4 Å². The summed E-state index contributed by atoms with van der Waals surface area (Å²) < 4.78 is 26.5. The molecular formula is C24H21ClFN3O5S. The number of carbonyl (C=O) groups excluding carboxylic acids is 1. The van der Waals surface area contributed by atoms with Crippen LogP contribution in [0.25, 0.3) is 15.9 Å². The van der Waals surface area contributed by atoms with Crippen molar-refractivity contribution in [2.24, 2.45) is 0 Å². The van der Waals surface area contributed by atoms with Gasteiger partial charge in [-0.2, -0.15) is 0 Å². The van der Waals surface area contributed by atoms with Crippen molar-refractivity contribution in [3.63, 3.8) is 0 Å². The molecular weight excluding hydrogens is 497 g/mol. The lowest BCUT2D eigenvalue weighted by Gasteiger charge is -2.13. The molecule has 0 bridgehead atoms. The molecule has 11 heteroatoms. The number of amides is 1. The molecule has 4 rings (SSSR count). The van der Waals surface area contributed by atoms with E-state index in [4.69, 9.17) is 21.1 Å². The van der Waals surface area contributed by atoms with Crippen molar-refractivity contribution in [3.8, 4) is 17.2 Å². The van der Waals surface area contributed by atoms with Crippen LogP contribution in [0.1, 0.15) is 5.56 Å². The molecule has 8 nitrogen and oxygen atoms in total. The average molecular weight is 518 g/mol.